The van der Waals surface area contributed by atoms with Crippen LogP contribution in [0.3, 0.4) is 0 Å². The molecule has 0 bridgehead atoms. The Morgan fingerprint density at radius 1 is 1.35 bits per heavy atom. The first-order chi connectivity index (χ1) is 9.40. The second-order valence-corrected chi connectivity index (χ2v) is 5.03. The zero-order valence-corrected chi connectivity index (χ0v) is 12.4. The molecule has 0 saturated heterocycles. The van der Waals surface area contributed by atoms with Gasteiger partial charge in [0.1, 0.15) is 5.69 Å². The monoisotopic (exact) mass is 278 g/mol. The van der Waals surface area contributed by atoms with E-state index in [2.05, 4.69) is 15.6 Å². The maximum atomic E-state index is 11.8. The molecule has 0 unspecified atom stereocenters. The van der Waals surface area contributed by atoms with Crippen LogP contribution in [0.1, 0.15) is 30.8 Å². The third-order valence-corrected chi connectivity index (χ3v) is 2.52. The second kappa shape index (κ2) is 7.47. The van der Waals surface area contributed by atoms with Crippen LogP contribution < -0.4 is 10.6 Å². The van der Waals surface area contributed by atoms with E-state index < -0.39 is 0 Å². The van der Waals surface area contributed by atoms with Crippen LogP contribution in [0.25, 0.3) is 0 Å². The van der Waals surface area contributed by atoms with Crippen molar-refractivity contribution in [1.82, 2.24) is 15.2 Å². The normalized spacial score (nSPS) is 10.2. The molecule has 0 atom stereocenters. The van der Waals surface area contributed by atoms with Crippen LogP contribution >= 0.6 is 0 Å². The Balaban J connectivity index is 2.51. The number of carbonyl (C=O) groups is 2. The largest absolute Gasteiger partial charge is 0.384 e. The van der Waals surface area contributed by atoms with Crippen molar-refractivity contribution < 1.29 is 9.59 Å². The summed E-state index contributed by atoms with van der Waals surface area (Å²) in [5.74, 6) is -0.141. The average molecular weight is 278 g/mol. The standard InChI is InChI=1S/C14H22N4O2/c1-10(2)17-13(19)6-8-15-11-5-7-16-12(9-11)14(20)18(3)4/h5,7,9-10H,6,8H2,1-4H3,(H,15,16)(H,17,19). The summed E-state index contributed by atoms with van der Waals surface area (Å²) in [7, 11) is 3.36. The maximum absolute atomic E-state index is 11.8. The lowest BCUT2D eigenvalue weighted by molar-refractivity contribution is -0.121. The zero-order valence-electron chi connectivity index (χ0n) is 12.4. The van der Waals surface area contributed by atoms with E-state index in [-0.39, 0.29) is 17.9 Å². The van der Waals surface area contributed by atoms with Crippen molar-refractivity contribution in [3.8, 4) is 0 Å². The molecule has 1 aromatic heterocycles. The Bertz CT molecular complexity index is 472. The van der Waals surface area contributed by atoms with Crippen LogP contribution in [0, 0.1) is 0 Å². The van der Waals surface area contributed by atoms with Gasteiger partial charge in [-0.05, 0) is 26.0 Å². The summed E-state index contributed by atoms with van der Waals surface area (Å²) >= 11 is 0. The highest BCUT2D eigenvalue weighted by Gasteiger charge is 2.10. The summed E-state index contributed by atoms with van der Waals surface area (Å²) in [6.45, 7) is 4.36. The third kappa shape index (κ3) is 5.26. The lowest BCUT2D eigenvalue weighted by atomic mass is 10.2. The Morgan fingerprint density at radius 2 is 2.05 bits per heavy atom. The molecule has 0 saturated carbocycles. The molecule has 0 aromatic carbocycles. The summed E-state index contributed by atoms with van der Waals surface area (Å²) in [6, 6.07) is 3.60. The van der Waals surface area contributed by atoms with Crippen molar-refractivity contribution in [3.05, 3.63) is 24.0 Å². The lowest BCUT2D eigenvalue weighted by Gasteiger charge is -2.12. The van der Waals surface area contributed by atoms with E-state index >= 15 is 0 Å². The minimum atomic E-state index is -0.147. The van der Waals surface area contributed by atoms with Gasteiger partial charge in [0.2, 0.25) is 5.91 Å². The third-order valence-electron chi connectivity index (χ3n) is 2.52. The minimum absolute atomic E-state index is 0.00569. The zero-order chi connectivity index (χ0) is 15.1. The Hall–Kier alpha value is -2.11. The molecule has 1 rings (SSSR count). The number of hydrogen-bond acceptors (Lipinski definition) is 4. The van der Waals surface area contributed by atoms with Crippen molar-refractivity contribution in [3.63, 3.8) is 0 Å². The molecule has 1 heterocycles. The number of nitrogens with zero attached hydrogens (tertiary/aromatic N) is 2. The van der Waals surface area contributed by atoms with Crippen molar-refractivity contribution >= 4 is 17.5 Å². The first-order valence-corrected chi connectivity index (χ1v) is 6.61. The Kier molecular flexibility index (Phi) is 5.96. The highest BCUT2D eigenvalue weighted by Crippen LogP contribution is 2.09. The van der Waals surface area contributed by atoms with E-state index in [1.54, 1.807) is 32.4 Å². The van der Waals surface area contributed by atoms with E-state index in [0.29, 0.717) is 18.7 Å². The molecule has 0 aliphatic carbocycles. The number of carbonyl (C=O) groups excluding carboxylic acids is 2. The smallest absolute Gasteiger partial charge is 0.272 e. The van der Waals surface area contributed by atoms with Crippen LogP contribution in [0.15, 0.2) is 18.3 Å². The first-order valence-electron chi connectivity index (χ1n) is 6.61. The van der Waals surface area contributed by atoms with E-state index in [9.17, 15) is 9.59 Å². The van der Waals surface area contributed by atoms with Gasteiger partial charge >= 0.3 is 0 Å². The van der Waals surface area contributed by atoms with Gasteiger partial charge in [0, 0.05) is 45.0 Å². The van der Waals surface area contributed by atoms with Crippen molar-refractivity contribution in [1.29, 1.82) is 0 Å². The highest BCUT2D eigenvalue weighted by atomic mass is 16.2. The van der Waals surface area contributed by atoms with Gasteiger partial charge in [-0.15, -0.1) is 0 Å². The molecule has 0 aliphatic heterocycles. The van der Waals surface area contributed by atoms with Gasteiger partial charge in [-0.2, -0.15) is 0 Å². The predicted molar refractivity (Wildman–Crippen MR) is 78.6 cm³/mol. The second-order valence-electron chi connectivity index (χ2n) is 5.03. The topological polar surface area (TPSA) is 74.3 Å². The van der Waals surface area contributed by atoms with Gasteiger partial charge in [-0.3, -0.25) is 14.6 Å². The summed E-state index contributed by atoms with van der Waals surface area (Å²) in [5.41, 5.74) is 1.16. The number of anilines is 1. The molecular weight excluding hydrogens is 256 g/mol. The van der Waals surface area contributed by atoms with E-state index in [0.717, 1.165) is 5.69 Å². The fraction of sp³-hybridized carbons (Fsp3) is 0.500. The SMILES string of the molecule is CC(C)NC(=O)CCNc1ccnc(C(=O)N(C)C)c1. The van der Waals surface area contributed by atoms with Crippen LogP contribution in [-0.2, 0) is 4.79 Å². The molecule has 0 radical (unpaired) electrons. The quantitative estimate of drug-likeness (QED) is 0.817. The predicted octanol–water partition coefficient (Wildman–Crippen LogP) is 1.11. The van der Waals surface area contributed by atoms with E-state index in [1.807, 2.05) is 13.8 Å². The Morgan fingerprint density at radius 3 is 2.65 bits per heavy atom. The summed E-state index contributed by atoms with van der Waals surface area (Å²) in [4.78, 5) is 28.8. The Labute approximate surface area is 119 Å². The van der Waals surface area contributed by atoms with Gasteiger partial charge in [-0.1, -0.05) is 0 Å². The molecule has 1 aromatic rings. The molecule has 0 spiro atoms. The van der Waals surface area contributed by atoms with E-state index in [4.69, 9.17) is 0 Å². The fourth-order valence-corrected chi connectivity index (χ4v) is 1.60. The van der Waals surface area contributed by atoms with Gasteiger partial charge < -0.3 is 15.5 Å². The lowest BCUT2D eigenvalue weighted by Crippen LogP contribution is -2.31. The van der Waals surface area contributed by atoms with Gasteiger partial charge in [-0.25, -0.2) is 0 Å². The minimum Gasteiger partial charge on any atom is -0.384 e. The molecular formula is C14H22N4O2. The fourth-order valence-electron chi connectivity index (χ4n) is 1.60. The average Bonchev–Trinajstić information content (AvgIpc) is 2.37. The van der Waals surface area contributed by atoms with Crippen molar-refractivity contribution in [2.24, 2.45) is 0 Å². The number of nitrogens with one attached hydrogen (secondary N) is 2. The van der Waals surface area contributed by atoms with Crippen LogP contribution in [0.2, 0.25) is 0 Å². The molecule has 6 nitrogen and oxygen atoms in total. The summed E-state index contributed by atoms with van der Waals surface area (Å²) in [5, 5.41) is 5.93. The molecule has 0 aliphatic rings. The summed E-state index contributed by atoms with van der Waals surface area (Å²) < 4.78 is 0. The molecule has 110 valence electrons. The van der Waals surface area contributed by atoms with Crippen molar-refractivity contribution in [2.45, 2.75) is 26.3 Å². The van der Waals surface area contributed by atoms with Gasteiger partial charge in [0.25, 0.3) is 5.91 Å². The van der Waals surface area contributed by atoms with Crippen LogP contribution in [0.4, 0.5) is 5.69 Å². The molecule has 6 heteroatoms. The number of amides is 2. The molecule has 2 amide bonds. The molecule has 0 fully saturated rings. The number of aromatic nitrogens is 1. The van der Waals surface area contributed by atoms with Gasteiger partial charge in [0.05, 0.1) is 0 Å². The summed E-state index contributed by atoms with van der Waals surface area (Å²) in [6.07, 6.45) is 1.96. The number of rotatable bonds is 6. The van der Waals surface area contributed by atoms with Crippen molar-refractivity contribution in [2.75, 3.05) is 26.0 Å². The molecule has 2 N–H and O–H groups in total. The maximum Gasteiger partial charge on any atom is 0.272 e. The number of hydrogen-bond donors (Lipinski definition) is 2. The van der Waals surface area contributed by atoms with Gasteiger partial charge in [0.15, 0.2) is 0 Å². The highest BCUT2D eigenvalue weighted by molar-refractivity contribution is 5.92. The first kappa shape index (κ1) is 15.9. The molecule has 20 heavy (non-hydrogen) atoms. The number of pyridine rings is 1. The van der Waals surface area contributed by atoms with Crippen LogP contribution in [-0.4, -0.2) is 48.4 Å². The van der Waals surface area contributed by atoms with Crippen LogP contribution in [0.5, 0.6) is 0 Å². The van der Waals surface area contributed by atoms with E-state index in [1.165, 1.54) is 4.90 Å².